The van der Waals surface area contributed by atoms with Crippen molar-refractivity contribution in [2.45, 2.75) is 38.1 Å². The number of thiophene rings is 1. The van der Waals surface area contributed by atoms with Crippen LogP contribution in [0.2, 0.25) is 0 Å². The van der Waals surface area contributed by atoms with Crippen molar-refractivity contribution in [2.24, 2.45) is 0 Å². The lowest BCUT2D eigenvalue weighted by Crippen LogP contribution is -2.43. The number of methoxy groups -OCH3 is 1. The molecule has 3 rings (SSSR count). The monoisotopic (exact) mass is 304 g/mol. The molecule has 5 heteroatoms. The summed E-state index contributed by atoms with van der Waals surface area (Å²) in [4.78, 5) is 13.2. The van der Waals surface area contributed by atoms with Gasteiger partial charge < -0.3 is 15.8 Å². The Labute approximate surface area is 128 Å². The zero-order valence-electron chi connectivity index (χ0n) is 12.4. The third-order valence-electron chi connectivity index (χ3n) is 4.26. The van der Waals surface area contributed by atoms with Gasteiger partial charge in [-0.2, -0.15) is 0 Å². The van der Waals surface area contributed by atoms with Crippen LogP contribution in [0.3, 0.4) is 0 Å². The van der Waals surface area contributed by atoms with E-state index in [4.69, 9.17) is 10.5 Å². The zero-order chi connectivity index (χ0) is 15.0. The van der Waals surface area contributed by atoms with Crippen molar-refractivity contribution < 1.29 is 9.53 Å². The molecule has 0 atom stereocenters. The minimum atomic E-state index is -0.0935. The minimum Gasteiger partial charge on any atom is -0.496 e. The Kier molecular flexibility index (Phi) is 3.53. The van der Waals surface area contributed by atoms with Crippen molar-refractivity contribution in [1.82, 2.24) is 5.32 Å². The molecule has 1 heterocycles. The average Bonchev–Trinajstić information content (AvgIpc) is 3.03. The van der Waals surface area contributed by atoms with E-state index in [1.807, 2.05) is 18.2 Å². The normalized spacial score (nSPS) is 17.0. The van der Waals surface area contributed by atoms with Gasteiger partial charge in [-0.1, -0.05) is 18.9 Å². The molecule has 0 saturated heterocycles. The molecule has 0 unspecified atom stereocenters. The fourth-order valence-corrected chi connectivity index (χ4v) is 4.12. The minimum absolute atomic E-state index is 0.0693. The summed E-state index contributed by atoms with van der Waals surface area (Å²) in [5, 5.41) is 4.00. The average molecular weight is 304 g/mol. The Morgan fingerprint density at radius 1 is 1.38 bits per heavy atom. The highest BCUT2D eigenvalue weighted by molar-refractivity contribution is 7.21. The third-order valence-corrected chi connectivity index (χ3v) is 5.43. The van der Waals surface area contributed by atoms with Gasteiger partial charge in [0, 0.05) is 10.2 Å². The van der Waals surface area contributed by atoms with Gasteiger partial charge in [0.2, 0.25) is 0 Å². The number of carbonyl (C=O) groups excluding carboxylic acids is 1. The number of nitrogen functional groups attached to an aromatic ring is 1. The van der Waals surface area contributed by atoms with Crippen LogP contribution in [0.4, 0.5) is 5.69 Å². The van der Waals surface area contributed by atoms with E-state index in [9.17, 15) is 4.79 Å². The molecule has 0 aliphatic heterocycles. The maximum Gasteiger partial charge on any atom is 0.263 e. The topological polar surface area (TPSA) is 64.3 Å². The lowest BCUT2D eigenvalue weighted by molar-refractivity contribution is 0.0913. The standard InChI is InChI=1S/C16H20N2O2S/c1-16(8-3-4-9-16)18-15(19)14-13(17)12-10(20-2)6-5-7-11(12)21-14/h5-7H,3-4,8-9,17H2,1-2H3,(H,18,19). The number of nitrogens with two attached hydrogens (primary N) is 1. The molecule has 1 aromatic heterocycles. The molecule has 1 aliphatic carbocycles. The van der Waals surface area contributed by atoms with Gasteiger partial charge in [-0.15, -0.1) is 11.3 Å². The van der Waals surface area contributed by atoms with Crippen LogP contribution in [0.5, 0.6) is 5.75 Å². The number of amides is 1. The molecular formula is C16H20N2O2S. The molecule has 3 N–H and O–H groups in total. The molecule has 1 fully saturated rings. The number of rotatable bonds is 3. The summed E-state index contributed by atoms with van der Waals surface area (Å²) >= 11 is 1.43. The van der Waals surface area contributed by atoms with E-state index in [-0.39, 0.29) is 11.4 Å². The molecule has 0 radical (unpaired) electrons. The van der Waals surface area contributed by atoms with Crippen molar-refractivity contribution >= 4 is 33.0 Å². The highest BCUT2D eigenvalue weighted by Crippen LogP contribution is 2.40. The van der Waals surface area contributed by atoms with E-state index in [1.54, 1.807) is 7.11 Å². The van der Waals surface area contributed by atoms with E-state index < -0.39 is 0 Å². The Balaban J connectivity index is 1.97. The number of hydrogen-bond acceptors (Lipinski definition) is 4. The van der Waals surface area contributed by atoms with Crippen molar-refractivity contribution in [3.05, 3.63) is 23.1 Å². The zero-order valence-corrected chi connectivity index (χ0v) is 13.2. The first-order valence-corrected chi connectivity index (χ1v) is 8.03. The largest absolute Gasteiger partial charge is 0.496 e. The van der Waals surface area contributed by atoms with Crippen LogP contribution in [-0.4, -0.2) is 18.6 Å². The lowest BCUT2D eigenvalue weighted by Gasteiger charge is -2.25. The molecule has 112 valence electrons. The predicted octanol–water partition coefficient (Wildman–Crippen LogP) is 3.55. The van der Waals surface area contributed by atoms with Gasteiger partial charge in [-0.3, -0.25) is 4.79 Å². The number of carbonyl (C=O) groups is 1. The number of hydrogen-bond donors (Lipinski definition) is 2. The van der Waals surface area contributed by atoms with Gasteiger partial charge in [0.05, 0.1) is 18.2 Å². The first-order valence-electron chi connectivity index (χ1n) is 7.21. The molecule has 0 spiro atoms. The quantitative estimate of drug-likeness (QED) is 0.911. The second-order valence-corrected chi connectivity index (χ2v) is 6.95. The highest BCUT2D eigenvalue weighted by Gasteiger charge is 2.31. The van der Waals surface area contributed by atoms with E-state index >= 15 is 0 Å². The second-order valence-electron chi connectivity index (χ2n) is 5.90. The number of fused-ring (bicyclic) bond motifs is 1. The molecule has 1 amide bonds. The summed E-state index contributed by atoms with van der Waals surface area (Å²) in [7, 11) is 1.62. The molecule has 1 saturated carbocycles. The summed E-state index contributed by atoms with van der Waals surface area (Å²) < 4.78 is 6.33. The van der Waals surface area contributed by atoms with Crippen LogP contribution >= 0.6 is 11.3 Å². The molecule has 21 heavy (non-hydrogen) atoms. The Morgan fingerprint density at radius 3 is 2.76 bits per heavy atom. The van der Waals surface area contributed by atoms with Crippen LogP contribution < -0.4 is 15.8 Å². The van der Waals surface area contributed by atoms with Gasteiger partial charge in [-0.25, -0.2) is 0 Å². The van der Waals surface area contributed by atoms with Crippen LogP contribution in [0, 0.1) is 0 Å². The molecule has 4 nitrogen and oxygen atoms in total. The summed E-state index contributed by atoms with van der Waals surface area (Å²) in [5.41, 5.74) is 6.63. The Bertz CT molecular complexity index is 687. The summed E-state index contributed by atoms with van der Waals surface area (Å²) in [6, 6.07) is 5.75. The van der Waals surface area contributed by atoms with Gasteiger partial charge in [0.25, 0.3) is 5.91 Å². The van der Waals surface area contributed by atoms with Crippen molar-refractivity contribution in [3.8, 4) is 5.75 Å². The Morgan fingerprint density at radius 2 is 2.10 bits per heavy atom. The van der Waals surface area contributed by atoms with Gasteiger partial charge in [0.15, 0.2) is 0 Å². The molecular weight excluding hydrogens is 284 g/mol. The SMILES string of the molecule is COc1cccc2sc(C(=O)NC3(C)CCCC3)c(N)c12. The summed E-state index contributed by atoms with van der Waals surface area (Å²) in [6.45, 7) is 2.11. The van der Waals surface area contributed by atoms with Gasteiger partial charge >= 0.3 is 0 Å². The fraction of sp³-hybridized carbons (Fsp3) is 0.438. The second kappa shape index (κ2) is 5.22. The summed E-state index contributed by atoms with van der Waals surface area (Å²) in [6.07, 6.45) is 4.42. The fourth-order valence-electron chi connectivity index (χ4n) is 3.09. The van der Waals surface area contributed by atoms with Crippen LogP contribution in [-0.2, 0) is 0 Å². The van der Waals surface area contributed by atoms with Crippen molar-refractivity contribution in [3.63, 3.8) is 0 Å². The van der Waals surface area contributed by atoms with Crippen molar-refractivity contribution in [1.29, 1.82) is 0 Å². The molecule has 1 aromatic carbocycles. The number of ether oxygens (including phenoxy) is 1. The lowest BCUT2D eigenvalue weighted by atomic mass is 10.0. The van der Waals surface area contributed by atoms with Crippen molar-refractivity contribution in [2.75, 3.05) is 12.8 Å². The number of nitrogens with one attached hydrogen (secondary N) is 1. The first-order chi connectivity index (χ1) is 10.0. The molecule has 2 aromatic rings. The maximum atomic E-state index is 12.6. The van der Waals surface area contributed by atoms with E-state index in [0.29, 0.717) is 16.3 Å². The van der Waals surface area contributed by atoms with Crippen LogP contribution in [0.25, 0.3) is 10.1 Å². The maximum absolute atomic E-state index is 12.6. The highest BCUT2D eigenvalue weighted by atomic mass is 32.1. The van der Waals surface area contributed by atoms with E-state index in [1.165, 1.54) is 24.2 Å². The number of benzene rings is 1. The number of anilines is 1. The predicted molar refractivity (Wildman–Crippen MR) is 87.1 cm³/mol. The molecule has 0 bridgehead atoms. The van der Waals surface area contributed by atoms with Gasteiger partial charge in [-0.05, 0) is 31.9 Å². The first kappa shape index (κ1) is 14.2. The summed E-state index contributed by atoms with van der Waals surface area (Å²) in [5.74, 6) is 0.646. The van der Waals surface area contributed by atoms with Crippen LogP contribution in [0.1, 0.15) is 42.3 Å². The van der Waals surface area contributed by atoms with Crippen LogP contribution in [0.15, 0.2) is 18.2 Å². The van der Waals surface area contributed by atoms with Gasteiger partial charge in [0.1, 0.15) is 10.6 Å². The smallest absolute Gasteiger partial charge is 0.263 e. The Hall–Kier alpha value is -1.75. The van der Waals surface area contributed by atoms with E-state index in [2.05, 4.69) is 12.2 Å². The third kappa shape index (κ3) is 2.46. The molecule has 1 aliphatic rings. The van der Waals surface area contributed by atoms with E-state index in [0.717, 1.165) is 22.9 Å².